The zero-order chi connectivity index (χ0) is 9.26. The van der Waals surface area contributed by atoms with Gasteiger partial charge >= 0.3 is 0 Å². The third kappa shape index (κ3) is 1.76. The first kappa shape index (κ1) is 8.78. The van der Waals surface area contributed by atoms with Crippen molar-refractivity contribution in [3.05, 3.63) is 40.1 Å². The molecule has 0 saturated heterocycles. The lowest BCUT2D eigenvalue weighted by atomic mass is 10.1. The zero-order valence-corrected chi connectivity index (χ0v) is 8.93. The van der Waals surface area contributed by atoms with Crippen LogP contribution in [-0.4, -0.2) is 10.2 Å². The molecule has 0 aliphatic carbocycles. The van der Waals surface area contributed by atoms with Crippen LogP contribution in [-0.2, 0) is 0 Å². The fraction of sp³-hybridized carbons (Fsp3) is 0. The van der Waals surface area contributed by atoms with E-state index in [1.54, 1.807) is 6.20 Å². The van der Waals surface area contributed by atoms with Crippen LogP contribution in [0.4, 0.5) is 0 Å². The van der Waals surface area contributed by atoms with Crippen molar-refractivity contribution in [1.82, 2.24) is 10.2 Å². The Kier molecular flexibility index (Phi) is 2.38. The predicted molar refractivity (Wildman–Crippen MR) is 56.7 cm³/mol. The van der Waals surface area contributed by atoms with Crippen molar-refractivity contribution in [1.29, 1.82) is 0 Å². The van der Waals surface area contributed by atoms with Crippen molar-refractivity contribution in [2.75, 3.05) is 0 Å². The Balaban J connectivity index is 2.49. The first-order valence-electron chi connectivity index (χ1n) is 3.71. The highest BCUT2D eigenvalue weighted by atomic mass is 79.9. The fourth-order valence-electron chi connectivity index (χ4n) is 1.08. The number of benzene rings is 1. The van der Waals surface area contributed by atoms with Crippen LogP contribution in [0.3, 0.4) is 0 Å². The fourth-order valence-corrected chi connectivity index (χ4v) is 1.58. The summed E-state index contributed by atoms with van der Waals surface area (Å²) < 4.78 is 0.896. The maximum absolute atomic E-state index is 5.87. The van der Waals surface area contributed by atoms with Crippen LogP contribution < -0.4 is 0 Å². The number of hydrogen-bond acceptors (Lipinski definition) is 1. The van der Waals surface area contributed by atoms with Gasteiger partial charge in [0.15, 0.2) is 0 Å². The third-order valence-electron chi connectivity index (χ3n) is 1.75. The highest BCUT2D eigenvalue weighted by Gasteiger charge is 2.01. The summed E-state index contributed by atoms with van der Waals surface area (Å²) in [6, 6.07) is 5.78. The lowest BCUT2D eigenvalue weighted by Gasteiger charge is -1.99. The van der Waals surface area contributed by atoms with E-state index >= 15 is 0 Å². The maximum atomic E-state index is 5.87. The van der Waals surface area contributed by atoms with Gasteiger partial charge in [-0.25, -0.2) is 0 Å². The maximum Gasteiger partial charge on any atom is 0.0565 e. The molecule has 1 aromatic heterocycles. The molecule has 2 aromatic rings. The molecule has 2 rings (SSSR count). The van der Waals surface area contributed by atoms with E-state index < -0.39 is 0 Å². The van der Waals surface area contributed by atoms with E-state index in [0.29, 0.717) is 5.02 Å². The first-order valence-corrected chi connectivity index (χ1v) is 4.88. The van der Waals surface area contributed by atoms with E-state index in [-0.39, 0.29) is 0 Å². The van der Waals surface area contributed by atoms with Gasteiger partial charge in [-0.05, 0) is 33.6 Å². The molecule has 13 heavy (non-hydrogen) atoms. The van der Waals surface area contributed by atoms with Crippen LogP contribution in [0.1, 0.15) is 0 Å². The summed E-state index contributed by atoms with van der Waals surface area (Å²) >= 11 is 9.24. The van der Waals surface area contributed by atoms with Crippen LogP contribution in [0.15, 0.2) is 35.1 Å². The van der Waals surface area contributed by atoms with Gasteiger partial charge in [-0.15, -0.1) is 0 Å². The molecule has 0 atom stereocenters. The van der Waals surface area contributed by atoms with Gasteiger partial charge in [-0.3, -0.25) is 5.10 Å². The number of H-pyrrole nitrogens is 1. The van der Waals surface area contributed by atoms with E-state index in [9.17, 15) is 0 Å². The van der Waals surface area contributed by atoms with E-state index in [4.69, 9.17) is 11.6 Å². The van der Waals surface area contributed by atoms with Crippen molar-refractivity contribution in [3.63, 3.8) is 0 Å². The minimum absolute atomic E-state index is 0.715. The lowest BCUT2D eigenvalue weighted by molar-refractivity contribution is 1.09. The molecule has 66 valence electrons. The number of hydrogen-bond donors (Lipinski definition) is 1. The molecule has 1 aromatic carbocycles. The molecule has 0 saturated carbocycles. The second-order valence-electron chi connectivity index (χ2n) is 2.62. The average Bonchev–Trinajstić information content (AvgIpc) is 2.62. The predicted octanol–water partition coefficient (Wildman–Crippen LogP) is 3.49. The van der Waals surface area contributed by atoms with Gasteiger partial charge in [0.25, 0.3) is 0 Å². The molecule has 4 heteroatoms. The van der Waals surface area contributed by atoms with E-state index in [0.717, 1.165) is 15.6 Å². The summed E-state index contributed by atoms with van der Waals surface area (Å²) in [5.74, 6) is 0. The smallest absolute Gasteiger partial charge is 0.0565 e. The minimum Gasteiger partial charge on any atom is -0.285 e. The Morgan fingerprint density at radius 3 is 2.77 bits per heavy atom. The van der Waals surface area contributed by atoms with Gasteiger partial charge in [0.05, 0.1) is 11.2 Å². The van der Waals surface area contributed by atoms with Crippen LogP contribution >= 0.6 is 27.5 Å². The van der Waals surface area contributed by atoms with Gasteiger partial charge in [0.1, 0.15) is 0 Å². The Morgan fingerprint density at radius 1 is 1.31 bits per heavy atom. The summed E-state index contributed by atoms with van der Waals surface area (Å²) in [6.45, 7) is 0. The molecule has 0 unspecified atom stereocenters. The molecule has 0 radical (unpaired) electrons. The lowest BCUT2D eigenvalue weighted by Crippen LogP contribution is -1.74. The van der Waals surface area contributed by atoms with Crippen molar-refractivity contribution < 1.29 is 0 Å². The molecular formula is C9H6BrClN2. The number of halogens is 2. The second-order valence-corrected chi connectivity index (χ2v) is 3.88. The molecule has 0 amide bonds. The first-order chi connectivity index (χ1) is 6.27. The number of nitrogens with zero attached hydrogens (tertiary/aromatic N) is 1. The minimum atomic E-state index is 0.715. The van der Waals surface area contributed by atoms with E-state index in [1.165, 1.54) is 0 Å². The Morgan fingerprint density at radius 2 is 2.15 bits per heavy atom. The second kappa shape index (κ2) is 3.52. The topological polar surface area (TPSA) is 28.7 Å². The summed E-state index contributed by atoms with van der Waals surface area (Å²) in [7, 11) is 0. The van der Waals surface area contributed by atoms with Gasteiger partial charge in [-0.1, -0.05) is 17.7 Å². The number of aromatic amines is 1. The van der Waals surface area contributed by atoms with Crippen molar-refractivity contribution in [2.24, 2.45) is 0 Å². The summed E-state index contributed by atoms with van der Waals surface area (Å²) in [5, 5.41) is 7.36. The average molecular weight is 258 g/mol. The molecule has 0 spiro atoms. The monoisotopic (exact) mass is 256 g/mol. The van der Waals surface area contributed by atoms with E-state index in [1.807, 2.05) is 24.4 Å². The number of rotatable bonds is 1. The summed E-state index contributed by atoms with van der Waals surface area (Å²) in [5.41, 5.74) is 2.14. The Bertz CT molecular complexity index is 412. The van der Waals surface area contributed by atoms with Gasteiger partial charge < -0.3 is 0 Å². The molecular weight excluding hydrogens is 251 g/mol. The highest BCUT2D eigenvalue weighted by Crippen LogP contribution is 2.27. The molecule has 0 fully saturated rings. The van der Waals surface area contributed by atoms with Crippen molar-refractivity contribution in [2.45, 2.75) is 0 Å². The Labute approximate surface area is 89.1 Å². The SMILES string of the molecule is Clc1ccc(-c2cn[nH]c2)cc1Br. The van der Waals surface area contributed by atoms with Crippen molar-refractivity contribution >= 4 is 27.5 Å². The number of nitrogens with one attached hydrogen (secondary N) is 1. The summed E-state index contributed by atoms with van der Waals surface area (Å²) in [6.07, 6.45) is 3.62. The number of aromatic nitrogens is 2. The third-order valence-corrected chi connectivity index (χ3v) is 2.97. The molecule has 1 heterocycles. The van der Waals surface area contributed by atoms with Crippen LogP contribution in [0.25, 0.3) is 11.1 Å². The van der Waals surface area contributed by atoms with Gasteiger partial charge in [0, 0.05) is 16.2 Å². The molecule has 2 nitrogen and oxygen atoms in total. The van der Waals surface area contributed by atoms with Crippen LogP contribution in [0, 0.1) is 0 Å². The van der Waals surface area contributed by atoms with Gasteiger partial charge in [0.2, 0.25) is 0 Å². The van der Waals surface area contributed by atoms with Crippen LogP contribution in [0.5, 0.6) is 0 Å². The quantitative estimate of drug-likeness (QED) is 0.832. The Hall–Kier alpha value is -0.800. The summed E-state index contributed by atoms with van der Waals surface area (Å²) in [4.78, 5) is 0. The largest absolute Gasteiger partial charge is 0.285 e. The van der Waals surface area contributed by atoms with Crippen molar-refractivity contribution in [3.8, 4) is 11.1 Å². The normalized spacial score (nSPS) is 10.3. The van der Waals surface area contributed by atoms with E-state index in [2.05, 4.69) is 26.1 Å². The zero-order valence-electron chi connectivity index (χ0n) is 6.59. The molecule has 1 N–H and O–H groups in total. The standard InChI is InChI=1S/C9H6BrClN2/c10-8-3-6(1-2-9(8)11)7-4-12-13-5-7/h1-5H,(H,12,13). The highest BCUT2D eigenvalue weighted by molar-refractivity contribution is 9.10. The van der Waals surface area contributed by atoms with Gasteiger partial charge in [-0.2, -0.15) is 5.10 Å². The molecule has 0 aliphatic heterocycles. The van der Waals surface area contributed by atoms with Crippen LogP contribution in [0.2, 0.25) is 5.02 Å². The molecule has 0 bridgehead atoms. The molecule has 0 aliphatic rings.